The molecule has 0 fully saturated rings. The molecular weight excluding hydrogens is 262 g/mol. The third kappa shape index (κ3) is 5.70. The zero-order valence-electron chi connectivity index (χ0n) is 9.44. The van der Waals surface area contributed by atoms with Crippen LogP contribution in [0.1, 0.15) is 5.56 Å². The lowest BCUT2D eigenvalue weighted by Crippen LogP contribution is -2.12. The number of hydrogen-bond donors (Lipinski definition) is 1. The molecule has 0 radical (unpaired) electrons. The Morgan fingerprint density at radius 2 is 1.88 bits per heavy atom. The number of carbonyl (C=O) groups excluding carboxylic acids is 1. The van der Waals surface area contributed by atoms with Gasteiger partial charge in [-0.05, 0) is 24.1 Å². The number of anilines is 1. The first-order valence-electron chi connectivity index (χ1n) is 5.03. The van der Waals surface area contributed by atoms with Gasteiger partial charge in [0.25, 0.3) is 0 Å². The fourth-order valence-electron chi connectivity index (χ4n) is 1.25. The van der Waals surface area contributed by atoms with Crippen LogP contribution in [0, 0.1) is 0 Å². The average Bonchev–Trinajstić information content (AvgIpc) is 2.27. The molecule has 94 valence electrons. The number of nitrogens with one attached hydrogen (secondary N) is 1. The standard InChI is InChI=1S/C11H14ClNO3S/c1-17(15,16)7-6-9-2-4-10(5-3-9)13-11(14)8-12/h2-5H,6-8H2,1H3,(H,13,14). The molecular formula is C11H14ClNO3S. The Balaban J connectivity index is 2.59. The predicted octanol–water partition coefficient (Wildman–Crippen LogP) is 1.45. The van der Waals surface area contributed by atoms with Gasteiger partial charge in [-0.25, -0.2) is 8.42 Å². The van der Waals surface area contributed by atoms with Gasteiger partial charge in [-0.3, -0.25) is 4.79 Å². The van der Waals surface area contributed by atoms with Crippen molar-refractivity contribution in [2.24, 2.45) is 0 Å². The highest BCUT2D eigenvalue weighted by molar-refractivity contribution is 7.90. The molecule has 0 bridgehead atoms. The molecule has 0 aliphatic carbocycles. The number of carbonyl (C=O) groups is 1. The Hall–Kier alpha value is -1.07. The van der Waals surface area contributed by atoms with Crippen molar-refractivity contribution >= 4 is 33.0 Å². The SMILES string of the molecule is CS(=O)(=O)CCc1ccc(NC(=O)CCl)cc1. The summed E-state index contributed by atoms with van der Waals surface area (Å²) in [5.74, 6) is -0.230. The third-order valence-electron chi connectivity index (χ3n) is 2.12. The van der Waals surface area contributed by atoms with Crippen molar-refractivity contribution in [2.75, 3.05) is 23.2 Å². The molecule has 0 heterocycles. The Bertz CT molecular complexity index is 482. The Morgan fingerprint density at radius 3 is 2.35 bits per heavy atom. The minimum atomic E-state index is -2.94. The maximum atomic E-state index is 11.0. The maximum absolute atomic E-state index is 11.0. The van der Waals surface area contributed by atoms with E-state index in [0.29, 0.717) is 12.1 Å². The molecule has 0 saturated carbocycles. The number of benzene rings is 1. The van der Waals surface area contributed by atoms with Crippen molar-refractivity contribution in [3.05, 3.63) is 29.8 Å². The molecule has 17 heavy (non-hydrogen) atoms. The first-order valence-corrected chi connectivity index (χ1v) is 7.63. The number of sulfone groups is 1. The van der Waals surface area contributed by atoms with Crippen molar-refractivity contribution in [2.45, 2.75) is 6.42 Å². The van der Waals surface area contributed by atoms with E-state index >= 15 is 0 Å². The van der Waals surface area contributed by atoms with Crippen LogP contribution in [-0.4, -0.2) is 32.2 Å². The van der Waals surface area contributed by atoms with Crippen LogP contribution in [0.2, 0.25) is 0 Å². The van der Waals surface area contributed by atoms with E-state index in [0.717, 1.165) is 5.56 Å². The quantitative estimate of drug-likeness (QED) is 0.828. The van der Waals surface area contributed by atoms with E-state index in [-0.39, 0.29) is 17.5 Å². The summed E-state index contributed by atoms with van der Waals surface area (Å²) in [6, 6.07) is 7.02. The van der Waals surface area contributed by atoms with Crippen molar-refractivity contribution in [3.8, 4) is 0 Å². The Labute approximate surface area is 106 Å². The van der Waals surface area contributed by atoms with E-state index in [9.17, 15) is 13.2 Å². The van der Waals surface area contributed by atoms with Gasteiger partial charge >= 0.3 is 0 Å². The molecule has 0 unspecified atom stereocenters. The maximum Gasteiger partial charge on any atom is 0.239 e. The van der Waals surface area contributed by atoms with Crippen LogP contribution < -0.4 is 5.32 Å². The van der Waals surface area contributed by atoms with Crippen molar-refractivity contribution in [1.82, 2.24) is 0 Å². The van der Waals surface area contributed by atoms with Crippen LogP contribution in [-0.2, 0) is 21.1 Å². The molecule has 1 aromatic carbocycles. The van der Waals surface area contributed by atoms with Crippen LogP contribution in [0.3, 0.4) is 0 Å². The van der Waals surface area contributed by atoms with Crippen molar-refractivity contribution in [1.29, 1.82) is 0 Å². The number of alkyl halides is 1. The first kappa shape index (κ1) is 14.0. The van der Waals surface area contributed by atoms with Gasteiger partial charge in [-0.15, -0.1) is 11.6 Å². The van der Waals surface area contributed by atoms with Gasteiger partial charge in [-0.2, -0.15) is 0 Å². The molecule has 0 saturated heterocycles. The molecule has 0 spiro atoms. The molecule has 0 aliphatic rings. The molecule has 1 amide bonds. The van der Waals surface area contributed by atoms with Gasteiger partial charge in [0.05, 0.1) is 5.75 Å². The van der Waals surface area contributed by atoms with Gasteiger partial charge < -0.3 is 5.32 Å². The van der Waals surface area contributed by atoms with Crippen molar-refractivity contribution < 1.29 is 13.2 Å². The summed E-state index contributed by atoms with van der Waals surface area (Å²) >= 11 is 5.35. The highest BCUT2D eigenvalue weighted by atomic mass is 35.5. The second-order valence-electron chi connectivity index (χ2n) is 3.76. The number of aryl methyl sites for hydroxylation is 1. The van der Waals surface area contributed by atoms with E-state index < -0.39 is 9.84 Å². The molecule has 0 atom stereocenters. The second-order valence-corrected chi connectivity index (χ2v) is 6.29. The Morgan fingerprint density at radius 1 is 1.29 bits per heavy atom. The van der Waals surface area contributed by atoms with Crippen LogP contribution in [0.15, 0.2) is 24.3 Å². The zero-order valence-corrected chi connectivity index (χ0v) is 11.0. The number of halogens is 1. The van der Waals surface area contributed by atoms with E-state index in [2.05, 4.69) is 5.32 Å². The summed E-state index contributed by atoms with van der Waals surface area (Å²) < 4.78 is 22.0. The number of hydrogen-bond acceptors (Lipinski definition) is 3. The van der Waals surface area contributed by atoms with Gasteiger partial charge in [0.15, 0.2) is 0 Å². The van der Waals surface area contributed by atoms with Gasteiger partial charge in [0, 0.05) is 11.9 Å². The predicted molar refractivity (Wildman–Crippen MR) is 69.2 cm³/mol. The largest absolute Gasteiger partial charge is 0.325 e. The minimum absolute atomic E-state index is 0.0875. The highest BCUT2D eigenvalue weighted by Gasteiger charge is 2.04. The summed E-state index contributed by atoms with van der Waals surface area (Å²) in [5, 5.41) is 2.60. The topological polar surface area (TPSA) is 63.2 Å². The third-order valence-corrected chi connectivity index (χ3v) is 3.31. The molecule has 0 aromatic heterocycles. The van der Waals surface area contributed by atoms with E-state index in [1.165, 1.54) is 6.26 Å². The van der Waals surface area contributed by atoms with Gasteiger partial charge in [0.1, 0.15) is 15.7 Å². The fraction of sp³-hybridized carbons (Fsp3) is 0.364. The van der Waals surface area contributed by atoms with Crippen molar-refractivity contribution in [3.63, 3.8) is 0 Å². The summed E-state index contributed by atoms with van der Waals surface area (Å²) in [5.41, 5.74) is 1.57. The first-order chi connectivity index (χ1) is 7.90. The van der Waals surface area contributed by atoms with E-state index in [4.69, 9.17) is 11.6 Å². The zero-order chi connectivity index (χ0) is 12.9. The summed E-state index contributed by atoms with van der Waals surface area (Å²) in [7, 11) is -2.94. The molecule has 4 nitrogen and oxygen atoms in total. The minimum Gasteiger partial charge on any atom is -0.325 e. The fourth-order valence-corrected chi connectivity index (χ4v) is 1.93. The van der Waals surface area contributed by atoms with Crippen LogP contribution in [0.4, 0.5) is 5.69 Å². The smallest absolute Gasteiger partial charge is 0.239 e. The number of rotatable bonds is 5. The molecule has 6 heteroatoms. The van der Waals surface area contributed by atoms with E-state index in [1.807, 2.05) is 0 Å². The molecule has 1 rings (SSSR count). The summed E-state index contributed by atoms with van der Waals surface area (Å²) in [6.07, 6.45) is 1.69. The molecule has 1 aromatic rings. The van der Waals surface area contributed by atoms with Crippen LogP contribution >= 0.6 is 11.6 Å². The van der Waals surface area contributed by atoms with E-state index in [1.54, 1.807) is 24.3 Å². The monoisotopic (exact) mass is 275 g/mol. The van der Waals surface area contributed by atoms with Gasteiger partial charge in [0.2, 0.25) is 5.91 Å². The lowest BCUT2D eigenvalue weighted by atomic mass is 10.1. The lowest BCUT2D eigenvalue weighted by Gasteiger charge is -2.04. The van der Waals surface area contributed by atoms with Crippen LogP contribution in [0.25, 0.3) is 0 Å². The lowest BCUT2D eigenvalue weighted by molar-refractivity contribution is -0.113. The Kier molecular flexibility index (Phi) is 4.96. The van der Waals surface area contributed by atoms with Gasteiger partial charge in [-0.1, -0.05) is 12.1 Å². The summed E-state index contributed by atoms with van der Waals surface area (Å²) in [4.78, 5) is 11.0. The molecule has 1 N–H and O–H groups in total. The normalized spacial score (nSPS) is 11.2. The average molecular weight is 276 g/mol. The van der Waals surface area contributed by atoms with Crippen LogP contribution in [0.5, 0.6) is 0 Å². The highest BCUT2D eigenvalue weighted by Crippen LogP contribution is 2.10. The second kappa shape index (κ2) is 6.02. The molecule has 0 aliphatic heterocycles. The summed E-state index contributed by atoms with van der Waals surface area (Å²) in [6.45, 7) is 0. The number of amides is 1.